The Morgan fingerprint density at radius 3 is 2.26 bits per heavy atom. The number of carbonyl (C=O) groups excluding carboxylic acids is 2. The Balaban J connectivity index is 2.53. The molecule has 8 nitrogen and oxygen atoms in total. The first-order valence-electron chi connectivity index (χ1n) is 8.76. The highest BCUT2D eigenvalue weighted by Crippen LogP contribution is 2.49. The largest absolute Gasteiger partial charge is 0.465 e. The van der Waals surface area contributed by atoms with Gasteiger partial charge in [0.05, 0.1) is 30.4 Å². The number of thioether (sulfide) groups is 1. The van der Waals surface area contributed by atoms with Gasteiger partial charge in [-0.05, 0) is 12.1 Å². The quantitative estimate of drug-likeness (QED) is 0.536. The van der Waals surface area contributed by atoms with Crippen molar-refractivity contribution < 1.29 is 19.1 Å². The van der Waals surface area contributed by atoms with Crippen molar-refractivity contribution in [3.63, 3.8) is 0 Å². The molecule has 1 aliphatic heterocycles. The molecule has 0 unspecified atom stereocenters. The highest BCUT2D eigenvalue weighted by atomic mass is 32.2. The highest BCUT2D eigenvalue weighted by Gasteiger charge is 2.36. The number of nitrogens with zero attached hydrogens (tertiary/aromatic N) is 4. The normalized spacial score (nSPS) is 13.6. The van der Waals surface area contributed by atoms with Crippen LogP contribution in [0.3, 0.4) is 0 Å². The standard InChI is InChI=1S/C22H14N4O4S/c1-26-16-7-5-4-6-14(16)17-15(8-12(9-23)13(10-24)11-25)18(21(27)29-2)19(22(28)30-3)31-20(17)26/h4-8H,1-3H3/b15-8-. The van der Waals surface area contributed by atoms with Crippen molar-refractivity contribution >= 4 is 40.2 Å². The third-order valence-electron chi connectivity index (χ3n) is 4.68. The van der Waals surface area contributed by atoms with Gasteiger partial charge in [0.1, 0.15) is 28.7 Å². The predicted octanol–water partition coefficient (Wildman–Crippen LogP) is 3.13. The van der Waals surface area contributed by atoms with E-state index in [2.05, 4.69) is 0 Å². The fraction of sp³-hybridized carbons (Fsp3) is 0.136. The molecule has 0 atom stereocenters. The molecule has 0 spiro atoms. The number of hydrogen-bond acceptors (Lipinski definition) is 8. The maximum absolute atomic E-state index is 12.8. The van der Waals surface area contributed by atoms with Gasteiger partial charge in [-0.1, -0.05) is 30.0 Å². The number of esters is 2. The Bertz CT molecular complexity index is 1340. The molecule has 1 aromatic carbocycles. The Labute approximate surface area is 181 Å². The number of rotatable bonds is 3. The van der Waals surface area contributed by atoms with Crippen molar-refractivity contribution in [2.24, 2.45) is 7.05 Å². The average Bonchev–Trinajstić information content (AvgIpc) is 3.09. The van der Waals surface area contributed by atoms with Crippen molar-refractivity contribution in [1.29, 1.82) is 15.8 Å². The Morgan fingerprint density at radius 2 is 1.68 bits per heavy atom. The molecule has 0 amide bonds. The Kier molecular flexibility index (Phi) is 5.97. The molecule has 2 aromatic rings. The number of benzene rings is 1. The maximum Gasteiger partial charge on any atom is 0.345 e. The Hall–Kier alpha value is -4.26. The number of carbonyl (C=O) groups is 2. The monoisotopic (exact) mass is 430 g/mol. The van der Waals surface area contributed by atoms with Crippen LogP contribution in [0.5, 0.6) is 0 Å². The zero-order valence-corrected chi connectivity index (χ0v) is 17.5. The minimum Gasteiger partial charge on any atom is -0.465 e. The summed E-state index contributed by atoms with van der Waals surface area (Å²) in [5, 5.41) is 29.4. The zero-order chi connectivity index (χ0) is 22.7. The van der Waals surface area contributed by atoms with Crippen LogP contribution < -0.4 is 0 Å². The molecule has 1 aliphatic rings. The first kappa shape index (κ1) is 21.4. The van der Waals surface area contributed by atoms with Gasteiger partial charge in [0.2, 0.25) is 0 Å². The molecule has 31 heavy (non-hydrogen) atoms. The smallest absolute Gasteiger partial charge is 0.345 e. The second-order valence-corrected chi connectivity index (χ2v) is 7.23. The fourth-order valence-corrected chi connectivity index (χ4v) is 4.49. The van der Waals surface area contributed by atoms with Crippen LogP contribution in [0.1, 0.15) is 5.56 Å². The molecule has 9 heteroatoms. The van der Waals surface area contributed by atoms with Crippen molar-refractivity contribution in [3.05, 3.63) is 57.5 Å². The molecule has 1 aromatic heterocycles. The SMILES string of the molecule is COC(=O)C1=C(C(=O)OC)/C(=C\C(C#N)=C(C#N)C#N)c2c(n(C)c3ccccc23)S1. The second kappa shape index (κ2) is 8.62. The number of aromatic nitrogens is 1. The Morgan fingerprint density at radius 1 is 1.03 bits per heavy atom. The van der Waals surface area contributed by atoms with Gasteiger partial charge < -0.3 is 14.0 Å². The van der Waals surface area contributed by atoms with Gasteiger partial charge in [0.15, 0.2) is 0 Å². The van der Waals surface area contributed by atoms with Crippen LogP contribution in [0.15, 0.2) is 57.0 Å². The van der Waals surface area contributed by atoms with Crippen LogP contribution in [-0.4, -0.2) is 30.7 Å². The van der Waals surface area contributed by atoms with Gasteiger partial charge in [-0.25, -0.2) is 9.59 Å². The summed E-state index contributed by atoms with van der Waals surface area (Å²) in [4.78, 5) is 25.3. The van der Waals surface area contributed by atoms with E-state index in [0.29, 0.717) is 10.6 Å². The van der Waals surface area contributed by atoms with Crippen LogP contribution in [0.4, 0.5) is 0 Å². The van der Waals surface area contributed by atoms with Crippen molar-refractivity contribution in [2.45, 2.75) is 5.03 Å². The van der Waals surface area contributed by atoms with Crippen molar-refractivity contribution in [3.8, 4) is 18.2 Å². The minimum absolute atomic E-state index is 0.0215. The third-order valence-corrected chi connectivity index (χ3v) is 5.93. The molecule has 152 valence electrons. The molecular weight excluding hydrogens is 416 g/mol. The van der Waals surface area contributed by atoms with Crippen LogP contribution in [0.2, 0.25) is 0 Å². The molecular formula is C22H14N4O4S. The number of para-hydroxylation sites is 1. The van der Waals surface area contributed by atoms with E-state index in [4.69, 9.17) is 9.47 Å². The average molecular weight is 430 g/mol. The number of aryl methyl sites for hydroxylation is 1. The van der Waals surface area contributed by atoms with Gasteiger partial charge in [-0.3, -0.25) is 0 Å². The van der Waals surface area contributed by atoms with Crippen LogP contribution in [0.25, 0.3) is 16.5 Å². The number of hydrogen-bond donors (Lipinski definition) is 0. The number of ether oxygens (including phenoxy) is 2. The molecule has 0 fully saturated rings. The first-order chi connectivity index (χ1) is 14.9. The van der Waals surface area contributed by atoms with Gasteiger partial charge in [0.25, 0.3) is 0 Å². The van der Waals surface area contributed by atoms with Crippen LogP contribution in [-0.2, 0) is 26.1 Å². The molecule has 3 rings (SSSR count). The lowest BCUT2D eigenvalue weighted by molar-refractivity contribution is -0.138. The number of nitriles is 3. The summed E-state index contributed by atoms with van der Waals surface area (Å²) < 4.78 is 11.6. The number of allylic oxidation sites excluding steroid dienone is 3. The molecule has 0 aliphatic carbocycles. The van der Waals surface area contributed by atoms with E-state index in [9.17, 15) is 25.4 Å². The van der Waals surface area contributed by atoms with E-state index in [1.54, 1.807) is 19.2 Å². The lowest BCUT2D eigenvalue weighted by Crippen LogP contribution is -2.18. The summed E-state index contributed by atoms with van der Waals surface area (Å²) >= 11 is 1.05. The maximum atomic E-state index is 12.8. The molecule has 0 bridgehead atoms. The van der Waals surface area contributed by atoms with E-state index in [-0.39, 0.29) is 21.6 Å². The fourth-order valence-electron chi connectivity index (χ4n) is 3.28. The van der Waals surface area contributed by atoms with Gasteiger partial charge in [-0.15, -0.1) is 0 Å². The highest BCUT2D eigenvalue weighted by molar-refractivity contribution is 8.04. The van der Waals surface area contributed by atoms with Crippen molar-refractivity contribution in [2.75, 3.05) is 14.2 Å². The second-order valence-electron chi connectivity index (χ2n) is 6.23. The van der Waals surface area contributed by atoms with E-state index in [0.717, 1.165) is 22.7 Å². The van der Waals surface area contributed by atoms with Crippen LogP contribution in [0, 0.1) is 34.0 Å². The lowest BCUT2D eigenvalue weighted by Gasteiger charge is -2.21. The predicted molar refractivity (Wildman–Crippen MR) is 112 cm³/mol. The lowest BCUT2D eigenvalue weighted by atomic mass is 9.93. The summed E-state index contributed by atoms with van der Waals surface area (Å²) in [7, 11) is 4.16. The van der Waals surface area contributed by atoms with E-state index >= 15 is 0 Å². The molecule has 0 radical (unpaired) electrons. The van der Waals surface area contributed by atoms with E-state index in [1.165, 1.54) is 20.3 Å². The summed E-state index contributed by atoms with van der Waals surface area (Å²) in [6.07, 6.45) is 1.27. The summed E-state index contributed by atoms with van der Waals surface area (Å²) in [6.45, 7) is 0. The number of methoxy groups -OCH3 is 2. The van der Waals surface area contributed by atoms with Gasteiger partial charge in [0, 0.05) is 29.1 Å². The van der Waals surface area contributed by atoms with Gasteiger partial charge in [-0.2, -0.15) is 15.8 Å². The molecule has 2 heterocycles. The number of fused-ring (bicyclic) bond motifs is 3. The molecule has 0 saturated carbocycles. The minimum atomic E-state index is -0.814. The summed E-state index contributed by atoms with van der Waals surface area (Å²) in [5.74, 6) is -1.57. The zero-order valence-electron chi connectivity index (χ0n) is 16.7. The summed E-state index contributed by atoms with van der Waals surface area (Å²) in [5.41, 5.74) is 0.836. The topological polar surface area (TPSA) is 129 Å². The molecule has 0 saturated heterocycles. The van der Waals surface area contributed by atoms with E-state index < -0.39 is 17.5 Å². The summed E-state index contributed by atoms with van der Waals surface area (Å²) in [6, 6.07) is 12.6. The van der Waals surface area contributed by atoms with Crippen LogP contribution >= 0.6 is 11.8 Å². The van der Waals surface area contributed by atoms with Crippen molar-refractivity contribution in [1.82, 2.24) is 4.57 Å². The van der Waals surface area contributed by atoms with E-state index in [1.807, 2.05) is 34.9 Å². The first-order valence-corrected chi connectivity index (χ1v) is 9.58. The van der Waals surface area contributed by atoms with Gasteiger partial charge >= 0.3 is 11.9 Å². The molecule has 0 N–H and O–H groups in total. The third kappa shape index (κ3) is 3.46.